The van der Waals surface area contributed by atoms with Crippen LogP contribution in [0.25, 0.3) is 0 Å². The van der Waals surface area contributed by atoms with Gasteiger partial charge < -0.3 is 5.32 Å². The predicted octanol–water partition coefficient (Wildman–Crippen LogP) is 4.07. The van der Waals surface area contributed by atoms with Crippen molar-refractivity contribution in [3.63, 3.8) is 0 Å². The summed E-state index contributed by atoms with van der Waals surface area (Å²) in [5, 5.41) is 12.4. The van der Waals surface area contributed by atoms with E-state index in [2.05, 4.69) is 24.4 Å². The second-order valence-corrected chi connectivity index (χ2v) is 6.47. The summed E-state index contributed by atoms with van der Waals surface area (Å²) < 4.78 is 0. The largest absolute Gasteiger partial charge is 0.309 e. The fourth-order valence-corrected chi connectivity index (χ4v) is 3.53. The van der Waals surface area contributed by atoms with Gasteiger partial charge >= 0.3 is 0 Å². The second-order valence-electron chi connectivity index (χ2n) is 5.30. The molecule has 18 heavy (non-hydrogen) atoms. The monoisotopic (exact) mass is 262 g/mol. The second kappa shape index (κ2) is 6.92. The van der Waals surface area contributed by atoms with E-state index in [9.17, 15) is 0 Å². The first-order chi connectivity index (χ1) is 8.79. The van der Waals surface area contributed by atoms with E-state index in [1.807, 2.05) is 6.07 Å². The van der Waals surface area contributed by atoms with Crippen molar-refractivity contribution in [3.8, 4) is 6.07 Å². The summed E-state index contributed by atoms with van der Waals surface area (Å²) in [4.78, 5) is 2.08. The maximum atomic E-state index is 8.80. The molecule has 0 bridgehead atoms. The first-order valence-electron chi connectivity index (χ1n) is 7.02. The van der Waals surface area contributed by atoms with Gasteiger partial charge in [0, 0.05) is 17.5 Å². The molecule has 3 heteroatoms. The summed E-state index contributed by atoms with van der Waals surface area (Å²) in [6.07, 6.45) is 8.38. The van der Waals surface area contributed by atoms with Gasteiger partial charge in [0.15, 0.2) is 0 Å². The number of nitrogens with one attached hydrogen (secondary N) is 1. The molecule has 1 aliphatic carbocycles. The summed E-state index contributed by atoms with van der Waals surface area (Å²) in [5.74, 6) is 0.836. The van der Waals surface area contributed by atoms with E-state index in [4.69, 9.17) is 5.26 Å². The van der Waals surface area contributed by atoms with E-state index in [1.165, 1.54) is 43.4 Å². The minimum atomic E-state index is 0.593. The third-order valence-corrected chi connectivity index (χ3v) is 4.97. The lowest BCUT2D eigenvalue weighted by molar-refractivity contribution is 0.337. The molecule has 0 radical (unpaired) electrons. The highest BCUT2D eigenvalue weighted by Gasteiger charge is 2.18. The molecule has 1 aromatic heterocycles. The molecule has 1 saturated carbocycles. The Morgan fingerprint density at radius 2 is 2.06 bits per heavy atom. The van der Waals surface area contributed by atoms with Crippen molar-refractivity contribution in [2.24, 2.45) is 5.92 Å². The molecule has 1 N–H and O–H groups in total. The van der Waals surface area contributed by atoms with Gasteiger partial charge in [0.2, 0.25) is 0 Å². The standard InChI is InChI=1S/C15H22N2S/c1-12(13-6-4-2-3-5-7-13)17-11-15-9-8-14(10-16)18-15/h8-9,12-13,17H,2-7,11H2,1H3/t12-/m1/s1. The maximum absolute atomic E-state index is 8.80. The molecular formula is C15H22N2S. The lowest BCUT2D eigenvalue weighted by Crippen LogP contribution is -2.32. The van der Waals surface area contributed by atoms with Gasteiger partial charge in [-0.05, 0) is 37.8 Å². The molecule has 2 rings (SSSR count). The smallest absolute Gasteiger partial charge is 0.110 e. The minimum absolute atomic E-state index is 0.593. The van der Waals surface area contributed by atoms with E-state index >= 15 is 0 Å². The van der Waals surface area contributed by atoms with Gasteiger partial charge in [-0.2, -0.15) is 5.26 Å². The molecule has 98 valence electrons. The van der Waals surface area contributed by atoms with Gasteiger partial charge in [-0.3, -0.25) is 0 Å². The lowest BCUT2D eigenvalue weighted by Gasteiger charge is -2.23. The number of nitriles is 1. The van der Waals surface area contributed by atoms with Crippen LogP contribution in [0.5, 0.6) is 0 Å². The molecule has 0 amide bonds. The van der Waals surface area contributed by atoms with Crippen molar-refractivity contribution in [3.05, 3.63) is 21.9 Å². The van der Waals surface area contributed by atoms with Gasteiger partial charge in [0.05, 0.1) is 0 Å². The van der Waals surface area contributed by atoms with Crippen LogP contribution in [0.2, 0.25) is 0 Å². The first-order valence-corrected chi connectivity index (χ1v) is 7.83. The van der Waals surface area contributed by atoms with E-state index in [0.29, 0.717) is 6.04 Å². The van der Waals surface area contributed by atoms with Crippen molar-refractivity contribution in [1.29, 1.82) is 5.26 Å². The summed E-state index contributed by atoms with van der Waals surface area (Å²) in [6, 6.07) is 6.77. The predicted molar refractivity (Wildman–Crippen MR) is 76.5 cm³/mol. The Kier molecular flexibility index (Phi) is 5.22. The third kappa shape index (κ3) is 3.83. The highest BCUT2D eigenvalue weighted by atomic mass is 32.1. The Morgan fingerprint density at radius 1 is 1.33 bits per heavy atom. The molecule has 2 nitrogen and oxygen atoms in total. The zero-order chi connectivity index (χ0) is 12.8. The molecule has 1 aliphatic rings. The van der Waals surface area contributed by atoms with Crippen molar-refractivity contribution in [2.75, 3.05) is 0 Å². The van der Waals surface area contributed by atoms with E-state index in [-0.39, 0.29) is 0 Å². The van der Waals surface area contributed by atoms with Crippen LogP contribution in [-0.4, -0.2) is 6.04 Å². The van der Waals surface area contributed by atoms with Gasteiger partial charge in [0.25, 0.3) is 0 Å². The molecule has 0 unspecified atom stereocenters. The number of hydrogen-bond donors (Lipinski definition) is 1. The SMILES string of the molecule is C[C@@H](NCc1ccc(C#N)s1)C1CCCCCC1. The number of thiophene rings is 1. The summed E-state index contributed by atoms with van der Waals surface area (Å²) >= 11 is 1.60. The van der Waals surface area contributed by atoms with Gasteiger partial charge in [-0.1, -0.05) is 25.7 Å². The van der Waals surface area contributed by atoms with Crippen LogP contribution in [0.15, 0.2) is 12.1 Å². The Hall–Kier alpha value is -0.850. The molecule has 1 atom stereocenters. The molecular weight excluding hydrogens is 240 g/mol. The minimum Gasteiger partial charge on any atom is -0.309 e. The lowest BCUT2D eigenvalue weighted by atomic mass is 9.93. The number of hydrogen-bond acceptors (Lipinski definition) is 3. The van der Waals surface area contributed by atoms with Crippen LogP contribution in [0, 0.1) is 17.2 Å². The average Bonchev–Trinajstić information content (AvgIpc) is 2.68. The fraction of sp³-hybridized carbons (Fsp3) is 0.667. The van der Waals surface area contributed by atoms with E-state index in [0.717, 1.165) is 17.3 Å². The highest BCUT2D eigenvalue weighted by Crippen LogP contribution is 2.26. The van der Waals surface area contributed by atoms with Crippen LogP contribution in [0.1, 0.15) is 55.2 Å². The van der Waals surface area contributed by atoms with Crippen molar-refractivity contribution < 1.29 is 0 Å². The van der Waals surface area contributed by atoms with Gasteiger partial charge in [-0.15, -0.1) is 11.3 Å². The fourth-order valence-electron chi connectivity index (χ4n) is 2.77. The zero-order valence-corrected chi connectivity index (χ0v) is 11.9. The van der Waals surface area contributed by atoms with E-state index in [1.54, 1.807) is 11.3 Å². The van der Waals surface area contributed by atoms with Crippen molar-refractivity contribution in [1.82, 2.24) is 5.32 Å². The molecule has 0 aromatic carbocycles. The molecule has 1 aromatic rings. The third-order valence-electron chi connectivity index (χ3n) is 3.98. The highest BCUT2D eigenvalue weighted by molar-refractivity contribution is 7.12. The number of rotatable bonds is 4. The van der Waals surface area contributed by atoms with Crippen LogP contribution in [-0.2, 0) is 6.54 Å². The topological polar surface area (TPSA) is 35.8 Å². The summed E-state index contributed by atoms with van der Waals surface area (Å²) in [5.41, 5.74) is 0. The van der Waals surface area contributed by atoms with Crippen LogP contribution >= 0.6 is 11.3 Å². The maximum Gasteiger partial charge on any atom is 0.110 e. The van der Waals surface area contributed by atoms with Crippen molar-refractivity contribution in [2.45, 2.75) is 58.0 Å². The average molecular weight is 262 g/mol. The Labute approximate surface area is 114 Å². The summed E-state index contributed by atoms with van der Waals surface area (Å²) in [6.45, 7) is 3.22. The molecule has 0 spiro atoms. The molecule has 0 saturated heterocycles. The van der Waals surface area contributed by atoms with Gasteiger partial charge in [0.1, 0.15) is 10.9 Å². The normalized spacial score (nSPS) is 19.1. The Bertz CT molecular complexity index is 397. The van der Waals surface area contributed by atoms with Crippen LogP contribution in [0.4, 0.5) is 0 Å². The Balaban J connectivity index is 1.80. The van der Waals surface area contributed by atoms with Gasteiger partial charge in [-0.25, -0.2) is 0 Å². The first kappa shape index (κ1) is 13.6. The van der Waals surface area contributed by atoms with Crippen molar-refractivity contribution >= 4 is 11.3 Å². The molecule has 0 aliphatic heterocycles. The summed E-state index contributed by atoms with van der Waals surface area (Å²) in [7, 11) is 0. The molecule has 1 heterocycles. The molecule has 1 fully saturated rings. The van der Waals surface area contributed by atoms with E-state index < -0.39 is 0 Å². The number of nitrogens with zero attached hydrogens (tertiary/aromatic N) is 1. The zero-order valence-electron chi connectivity index (χ0n) is 11.1. The quantitative estimate of drug-likeness (QED) is 0.830. The van der Waals surface area contributed by atoms with Crippen LogP contribution < -0.4 is 5.32 Å². The van der Waals surface area contributed by atoms with Crippen LogP contribution in [0.3, 0.4) is 0 Å². The Morgan fingerprint density at radius 3 is 2.67 bits per heavy atom.